The molecular formula is C16H8ClN5O. The highest BCUT2D eigenvalue weighted by Gasteiger charge is 2.09. The van der Waals surface area contributed by atoms with Crippen LogP contribution in [0.2, 0.25) is 5.02 Å². The highest BCUT2D eigenvalue weighted by atomic mass is 35.5. The Balaban J connectivity index is 1.94. The summed E-state index contributed by atoms with van der Waals surface area (Å²) in [4.78, 5) is 4.40. The molecule has 0 aliphatic carbocycles. The van der Waals surface area contributed by atoms with Gasteiger partial charge in [0.2, 0.25) is 11.6 Å². The van der Waals surface area contributed by atoms with Crippen LogP contribution in [0.15, 0.2) is 52.0 Å². The largest absolute Gasteiger partial charge is 0.436 e. The number of oxazole rings is 1. The van der Waals surface area contributed by atoms with Crippen molar-refractivity contribution >= 4 is 34.1 Å². The lowest BCUT2D eigenvalue weighted by Crippen LogP contribution is -1.96. The fraction of sp³-hybridized carbons (Fsp3) is 0. The number of nitriles is 2. The summed E-state index contributed by atoms with van der Waals surface area (Å²) >= 11 is 5.93. The van der Waals surface area contributed by atoms with E-state index in [1.165, 1.54) is 0 Å². The second kappa shape index (κ2) is 6.18. The summed E-state index contributed by atoms with van der Waals surface area (Å²) in [5.41, 5.74) is 5.03. The first kappa shape index (κ1) is 14.6. The lowest BCUT2D eigenvalue weighted by molar-refractivity contribution is 0.620. The van der Waals surface area contributed by atoms with E-state index in [4.69, 9.17) is 26.5 Å². The summed E-state index contributed by atoms with van der Waals surface area (Å²) < 4.78 is 5.69. The van der Waals surface area contributed by atoms with Crippen LogP contribution in [-0.4, -0.2) is 10.7 Å². The van der Waals surface area contributed by atoms with Crippen molar-refractivity contribution < 1.29 is 4.42 Å². The molecule has 2 aromatic carbocycles. The standard InChI is InChI=1S/C16H8ClN5O/c17-11-4-5-14-15(7-11)23-16(20-14)10-2-1-3-12(6-10)21-22-13(8-18)9-19/h1-7,21H. The maximum absolute atomic E-state index is 8.66. The Bertz CT molecular complexity index is 978. The van der Waals surface area contributed by atoms with Gasteiger partial charge in [0.25, 0.3) is 0 Å². The average Bonchev–Trinajstić information content (AvgIpc) is 2.99. The molecular weight excluding hydrogens is 314 g/mol. The normalized spacial score (nSPS) is 9.87. The number of halogens is 1. The van der Waals surface area contributed by atoms with E-state index < -0.39 is 0 Å². The second-order valence-corrected chi connectivity index (χ2v) is 4.94. The van der Waals surface area contributed by atoms with Crippen LogP contribution in [0.1, 0.15) is 0 Å². The van der Waals surface area contributed by atoms with Gasteiger partial charge >= 0.3 is 0 Å². The van der Waals surface area contributed by atoms with E-state index in [0.29, 0.717) is 27.7 Å². The SMILES string of the molecule is N#CC(C#N)=NNc1cccc(-c2nc3ccc(Cl)cc3o2)c1. The average molecular weight is 322 g/mol. The van der Waals surface area contributed by atoms with Gasteiger partial charge in [-0.05, 0) is 30.3 Å². The Morgan fingerprint density at radius 2 is 2.00 bits per heavy atom. The molecule has 0 atom stereocenters. The van der Waals surface area contributed by atoms with Crippen molar-refractivity contribution in [2.24, 2.45) is 5.10 Å². The molecule has 0 fully saturated rings. The van der Waals surface area contributed by atoms with E-state index in [2.05, 4.69) is 15.5 Å². The molecule has 0 unspecified atom stereocenters. The third kappa shape index (κ3) is 3.13. The summed E-state index contributed by atoms with van der Waals surface area (Å²) in [5, 5.41) is 21.6. The van der Waals surface area contributed by atoms with Crippen LogP contribution in [0.5, 0.6) is 0 Å². The van der Waals surface area contributed by atoms with Crippen LogP contribution < -0.4 is 5.43 Å². The predicted octanol–water partition coefficient (Wildman–Crippen LogP) is 3.96. The van der Waals surface area contributed by atoms with Gasteiger partial charge in [0.05, 0.1) is 5.69 Å². The summed E-state index contributed by atoms with van der Waals surface area (Å²) in [6, 6.07) is 15.7. The van der Waals surface area contributed by atoms with Crippen molar-refractivity contribution in [1.82, 2.24) is 4.98 Å². The summed E-state index contributed by atoms with van der Waals surface area (Å²) in [6.45, 7) is 0. The van der Waals surface area contributed by atoms with Gasteiger partial charge in [-0.2, -0.15) is 15.6 Å². The van der Waals surface area contributed by atoms with E-state index in [1.807, 2.05) is 6.07 Å². The number of benzene rings is 2. The minimum absolute atomic E-state index is 0.257. The van der Waals surface area contributed by atoms with Crippen LogP contribution in [0.4, 0.5) is 5.69 Å². The van der Waals surface area contributed by atoms with Crippen LogP contribution >= 0.6 is 11.6 Å². The minimum Gasteiger partial charge on any atom is -0.436 e. The number of nitrogens with one attached hydrogen (secondary N) is 1. The van der Waals surface area contributed by atoms with E-state index in [0.717, 1.165) is 5.56 Å². The maximum Gasteiger partial charge on any atom is 0.237 e. The number of fused-ring (bicyclic) bond motifs is 1. The van der Waals surface area contributed by atoms with Gasteiger partial charge in [-0.15, -0.1) is 0 Å². The zero-order valence-electron chi connectivity index (χ0n) is 11.6. The minimum atomic E-state index is -0.257. The van der Waals surface area contributed by atoms with Gasteiger partial charge in [-0.3, -0.25) is 5.43 Å². The summed E-state index contributed by atoms with van der Waals surface area (Å²) in [6.07, 6.45) is 0. The molecule has 0 aliphatic heterocycles. The highest BCUT2D eigenvalue weighted by molar-refractivity contribution is 6.31. The summed E-state index contributed by atoms with van der Waals surface area (Å²) in [5.74, 6) is 0.440. The molecule has 0 saturated heterocycles. The number of aromatic nitrogens is 1. The molecule has 0 radical (unpaired) electrons. The quantitative estimate of drug-likeness (QED) is 0.581. The fourth-order valence-corrected chi connectivity index (χ4v) is 2.10. The van der Waals surface area contributed by atoms with Gasteiger partial charge in [0, 0.05) is 16.7 Å². The van der Waals surface area contributed by atoms with Crippen LogP contribution in [0.25, 0.3) is 22.6 Å². The van der Waals surface area contributed by atoms with Crippen molar-refractivity contribution in [2.75, 3.05) is 5.43 Å². The first-order valence-corrected chi connectivity index (χ1v) is 6.88. The molecule has 6 nitrogen and oxygen atoms in total. The van der Waals surface area contributed by atoms with Crippen LogP contribution in [0.3, 0.4) is 0 Å². The Morgan fingerprint density at radius 3 is 2.78 bits per heavy atom. The first-order valence-electron chi connectivity index (χ1n) is 6.50. The molecule has 0 bridgehead atoms. The maximum atomic E-state index is 8.66. The summed E-state index contributed by atoms with van der Waals surface area (Å²) in [7, 11) is 0. The number of hydrogen-bond donors (Lipinski definition) is 1. The molecule has 3 aromatic rings. The molecule has 0 spiro atoms. The molecule has 3 rings (SSSR count). The Morgan fingerprint density at radius 1 is 1.17 bits per heavy atom. The lowest BCUT2D eigenvalue weighted by atomic mass is 10.2. The molecule has 110 valence electrons. The molecule has 0 aliphatic rings. The predicted molar refractivity (Wildman–Crippen MR) is 86.7 cm³/mol. The van der Waals surface area contributed by atoms with Gasteiger partial charge in [0.15, 0.2) is 5.58 Å². The third-order valence-electron chi connectivity index (χ3n) is 2.97. The molecule has 0 saturated carbocycles. The van der Waals surface area contributed by atoms with E-state index >= 15 is 0 Å². The van der Waals surface area contributed by atoms with Crippen molar-refractivity contribution in [3.8, 4) is 23.6 Å². The van der Waals surface area contributed by atoms with Crippen LogP contribution in [0, 0.1) is 22.7 Å². The second-order valence-electron chi connectivity index (χ2n) is 4.51. The zero-order chi connectivity index (χ0) is 16.2. The van der Waals surface area contributed by atoms with E-state index in [1.54, 1.807) is 48.5 Å². The molecule has 0 amide bonds. The number of rotatable bonds is 3. The third-order valence-corrected chi connectivity index (χ3v) is 3.20. The number of hydrazone groups is 1. The van der Waals surface area contributed by atoms with Crippen molar-refractivity contribution in [3.05, 3.63) is 47.5 Å². The van der Waals surface area contributed by atoms with Gasteiger partial charge < -0.3 is 4.42 Å². The number of hydrogen-bond acceptors (Lipinski definition) is 6. The van der Waals surface area contributed by atoms with Crippen molar-refractivity contribution in [1.29, 1.82) is 10.5 Å². The van der Waals surface area contributed by atoms with Gasteiger partial charge in [0.1, 0.15) is 17.7 Å². The van der Waals surface area contributed by atoms with Crippen LogP contribution in [-0.2, 0) is 0 Å². The number of nitrogens with zero attached hydrogens (tertiary/aromatic N) is 4. The van der Waals surface area contributed by atoms with E-state index in [-0.39, 0.29) is 5.71 Å². The lowest BCUT2D eigenvalue weighted by Gasteiger charge is -2.01. The molecule has 7 heteroatoms. The molecule has 1 heterocycles. The Labute approximate surface area is 136 Å². The van der Waals surface area contributed by atoms with Crippen molar-refractivity contribution in [3.63, 3.8) is 0 Å². The molecule has 1 aromatic heterocycles. The smallest absolute Gasteiger partial charge is 0.237 e. The van der Waals surface area contributed by atoms with E-state index in [9.17, 15) is 0 Å². The highest BCUT2D eigenvalue weighted by Crippen LogP contribution is 2.27. The molecule has 1 N–H and O–H groups in total. The topological polar surface area (TPSA) is 98.0 Å². The zero-order valence-corrected chi connectivity index (χ0v) is 12.4. The number of anilines is 1. The first-order chi connectivity index (χ1) is 11.2. The Hall–Kier alpha value is -3.35. The Kier molecular flexibility index (Phi) is 3.92. The molecule has 23 heavy (non-hydrogen) atoms. The monoisotopic (exact) mass is 321 g/mol. The van der Waals surface area contributed by atoms with Crippen molar-refractivity contribution in [2.45, 2.75) is 0 Å². The van der Waals surface area contributed by atoms with Gasteiger partial charge in [-0.1, -0.05) is 17.7 Å². The van der Waals surface area contributed by atoms with Gasteiger partial charge in [-0.25, -0.2) is 4.98 Å². The fourth-order valence-electron chi connectivity index (χ4n) is 1.94.